The van der Waals surface area contributed by atoms with Gasteiger partial charge in [-0.25, -0.2) is 0 Å². The van der Waals surface area contributed by atoms with E-state index in [1.165, 1.54) is 0 Å². The third-order valence-electron chi connectivity index (χ3n) is 3.64. The summed E-state index contributed by atoms with van der Waals surface area (Å²) in [5.41, 5.74) is 7.26. The maximum absolute atomic E-state index is 6.37. The van der Waals surface area contributed by atoms with Crippen LogP contribution >= 0.6 is 11.6 Å². The zero-order valence-corrected chi connectivity index (χ0v) is 13.8. The third-order valence-corrected chi connectivity index (χ3v) is 3.97. The Bertz CT molecular complexity index is 435. The van der Waals surface area contributed by atoms with Crippen LogP contribution in [0, 0.1) is 11.8 Å². The Morgan fingerprint density at radius 2 is 1.55 bits per heavy atom. The fraction of sp³-hybridized carbons (Fsp3) is 0.625. The van der Waals surface area contributed by atoms with Gasteiger partial charge in [-0.15, -0.1) is 0 Å². The Kier molecular flexibility index (Phi) is 6.63. The molecule has 114 valence electrons. The molecule has 2 N–H and O–H groups in total. The Balaban J connectivity index is 3.17. The van der Waals surface area contributed by atoms with Gasteiger partial charge in [-0.05, 0) is 37.3 Å². The fourth-order valence-corrected chi connectivity index (χ4v) is 2.32. The monoisotopic (exact) mass is 299 g/mol. The molecule has 1 rings (SSSR count). The molecular formula is C16H26ClNO2. The summed E-state index contributed by atoms with van der Waals surface area (Å²) in [5.74, 6) is 2.20. The molecule has 0 saturated heterocycles. The number of ether oxygens (including phenoxy) is 2. The van der Waals surface area contributed by atoms with Crippen LogP contribution in [0.15, 0.2) is 12.1 Å². The van der Waals surface area contributed by atoms with Crippen LogP contribution < -0.4 is 15.2 Å². The van der Waals surface area contributed by atoms with Crippen LogP contribution in [0.2, 0.25) is 5.02 Å². The van der Waals surface area contributed by atoms with Crippen LogP contribution in [0.5, 0.6) is 11.5 Å². The molecule has 0 saturated carbocycles. The molecule has 0 aliphatic rings. The highest BCUT2D eigenvalue weighted by atomic mass is 35.5. The number of benzene rings is 1. The van der Waals surface area contributed by atoms with E-state index in [4.69, 9.17) is 26.8 Å². The average Bonchev–Trinajstić information content (AvgIpc) is 2.40. The minimum absolute atomic E-state index is 0.114. The molecular weight excluding hydrogens is 274 g/mol. The summed E-state index contributed by atoms with van der Waals surface area (Å²) >= 11 is 6.37. The van der Waals surface area contributed by atoms with Gasteiger partial charge in [0.25, 0.3) is 0 Å². The molecule has 0 aliphatic heterocycles. The van der Waals surface area contributed by atoms with Gasteiger partial charge in [-0.3, -0.25) is 0 Å². The number of nitrogens with two attached hydrogens (primary N) is 1. The lowest BCUT2D eigenvalue weighted by molar-refractivity contribution is 0.286. The summed E-state index contributed by atoms with van der Waals surface area (Å²) in [6, 6.07) is 3.61. The van der Waals surface area contributed by atoms with Crippen LogP contribution in [0.25, 0.3) is 0 Å². The highest BCUT2D eigenvalue weighted by molar-refractivity contribution is 6.31. The summed E-state index contributed by atoms with van der Waals surface area (Å²) in [7, 11) is 0. The molecule has 0 aromatic heterocycles. The number of rotatable bonds is 7. The molecule has 0 amide bonds. The van der Waals surface area contributed by atoms with Gasteiger partial charge in [0.2, 0.25) is 0 Å². The second kappa shape index (κ2) is 7.75. The van der Waals surface area contributed by atoms with Gasteiger partial charge in [0.15, 0.2) is 11.5 Å². The largest absolute Gasteiger partial charge is 0.490 e. The van der Waals surface area contributed by atoms with E-state index in [1.807, 2.05) is 19.9 Å². The van der Waals surface area contributed by atoms with E-state index in [1.54, 1.807) is 6.07 Å². The lowest BCUT2D eigenvalue weighted by Gasteiger charge is -2.25. The van der Waals surface area contributed by atoms with Crippen molar-refractivity contribution in [2.75, 3.05) is 13.2 Å². The molecule has 3 nitrogen and oxygen atoms in total. The van der Waals surface area contributed by atoms with Crippen LogP contribution in [0.1, 0.15) is 46.2 Å². The number of halogens is 1. The number of hydrogen-bond acceptors (Lipinski definition) is 3. The van der Waals surface area contributed by atoms with Crippen molar-refractivity contribution in [1.29, 1.82) is 0 Å². The fourth-order valence-electron chi connectivity index (χ4n) is 2.04. The van der Waals surface area contributed by atoms with Crippen LogP contribution in [0.4, 0.5) is 0 Å². The lowest BCUT2D eigenvalue weighted by Crippen LogP contribution is -2.23. The molecule has 20 heavy (non-hydrogen) atoms. The molecule has 2 atom stereocenters. The van der Waals surface area contributed by atoms with Crippen molar-refractivity contribution in [3.05, 3.63) is 22.7 Å². The van der Waals surface area contributed by atoms with E-state index < -0.39 is 0 Å². The Morgan fingerprint density at radius 3 is 2.00 bits per heavy atom. The number of hydrogen-bond donors (Lipinski definition) is 1. The second-order valence-corrected chi connectivity index (χ2v) is 5.72. The van der Waals surface area contributed by atoms with Gasteiger partial charge >= 0.3 is 0 Å². The van der Waals surface area contributed by atoms with Crippen molar-refractivity contribution in [1.82, 2.24) is 0 Å². The van der Waals surface area contributed by atoms with Crippen LogP contribution in [0.3, 0.4) is 0 Å². The highest BCUT2D eigenvalue weighted by Crippen LogP contribution is 2.38. The topological polar surface area (TPSA) is 44.5 Å². The van der Waals surface area contributed by atoms with Gasteiger partial charge in [0.1, 0.15) is 0 Å². The second-order valence-electron chi connectivity index (χ2n) is 5.32. The molecule has 0 bridgehead atoms. The van der Waals surface area contributed by atoms with Gasteiger partial charge < -0.3 is 15.2 Å². The normalized spacial score (nSPS) is 14.2. The van der Waals surface area contributed by atoms with Crippen molar-refractivity contribution in [3.63, 3.8) is 0 Å². The first-order chi connectivity index (χ1) is 9.42. The molecule has 4 heteroatoms. The first-order valence-corrected chi connectivity index (χ1v) is 7.64. The predicted molar refractivity (Wildman–Crippen MR) is 84.7 cm³/mol. The van der Waals surface area contributed by atoms with E-state index in [-0.39, 0.29) is 6.04 Å². The minimum atomic E-state index is -0.114. The minimum Gasteiger partial charge on any atom is -0.490 e. The Labute approximate surface area is 127 Å². The van der Waals surface area contributed by atoms with E-state index in [9.17, 15) is 0 Å². The maximum Gasteiger partial charge on any atom is 0.162 e. The predicted octanol–water partition coefficient (Wildman–Crippen LogP) is 4.43. The average molecular weight is 300 g/mol. The standard InChI is InChI=1S/C16H26ClNO2/c1-6-19-14-8-12(16(18)11(5)10(3)4)13(17)9-15(14)20-7-2/h8-11,16H,6-7,18H2,1-5H3. The molecule has 1 aromatic rings. The zero-order valence-electron chi connectivity index (χ0n) is 13.1. The Hall–Kier alpha value is -0.930. The van der Waals surface area contributed by atoms with Crippen molar-refractivity contribution < 1.29 is 9.47 Å². The summed E-state index contributed by atoms with van der Waals surface area (Å²) in [5, 5.41) is 0.636. The van der Waals surface area contributed by atoms with Crippen molar-refractivity contribution >= 4 is 11.6 Å². The van der Waals surface area contributed by atoms with Crippen molar-refractivity contribution in [2.45, 2.75) is 40.7 Å². The molecule has 0 fully saturated rings. The molecule has 0 heterocycles. The van der Waals surface area contributed by atoms with Crippen molar-refractivity contribution in [2.24, 2.45) is 17.6 Å². The smallest absolute Gasteiger partial charge is 0.162 e. The SMILES string of the molecule is CCOc1cc(Cl)c(C(N)C(C)C(C)C)cc1OCC. The summed E-state index contributed by atoms with van der Waals surface area (Å²) in [4.78, 5) is 0. The van der Waals surface area contributed by atoms with Gasteiger partial charge in [0, 0.05) is 17.1 Å². The van der Waals surface area contributed by atoms with E-state index in [0.29, 0.717) is 41.6 Å². The van der Waals surface area contributed by atoms with Gasteiger partial charge in [0.05, 0.1) is 13.2 Å². The van der Waals surface area contributed by atoms with Crippen molar-refractivity contribution in [3.8, 4) is 11.5 Å². The van der Waals surface area contributed by atoms with Gasteiger partial charge in [-0.2, -0.15) is 0 Å². The van der Waals surface area contributed by atoms with Crippen LogP contribution in [-0.4, -0.2) is 13.2 Å². The van der Waals surface area contributed by atoms with E-state index in [0.717, 1.165) is 5.56 Å². The summed E-state index contributed by atoms with van der Waals surface area (Å²) in [6.45, 7) is 11.5. The molecule has 1 aromatic carbocycles. The maximum atomic E-state index is 6.37. The highest BCUT2D eigenvalue weighted by Gasteiger charge is 2.22. The quantitative estimate of drug-likeness (QED) is 0.810. The first-order valence-electron chi connectivity index (χ1n) is 7.26. The summed E-state index contributed by atoms with van der Waals surface area (Å²) in [6.07, 6.45) is 0. The molecule has 2 unspecified atom stereocenters. The molecule has 0 radical (unpaired) electrons. The third kappa shape index (κ3) is 4.03. The van der Waals surface area contributed by atoms with E-state index >= 15 is 0 Å². The zero-order chi connectivity index (χ0) is 15.3. The van der Waals surface area contributed by atoms with E-state index in [2.05, 4.69) is 20.8 Å². The lowest BCUT2D eigenvalue weighted by atomic mass is 9.86. The summed E-state index contributed by atoms with van der Waals surface area (Å²) < 4.78 is 11.2. The molecule has 0 spiro atoms. The Morgan fingerprint density at radius 1 is 1.05 bits per heavy atom. The first kappa shape index (κ1) is 17.1. The van der Waals surface area contributed by atoms with Gasteiger partial charge in [-0.1, -0.05) is 32.4 Å². The molecule has 0 aliphatic carbocycles. The van der Waals surface area contributed by atoms with Crippen LogP contribution in [-0.2, 0) is 0 Å².